The van der Waals surface area contributed by atoms with E-state index >= 15 is 0 Å². The van der Waals surface area contributed by atoms with E-state index in [1.807, 2.05) is 35.2 Å². The molecule has 6 nitrogen and oxygen atoms in total. The Morgan fingerprint density at radius 3 is 2.39 bits per heavy atom. The Hall–Kier alpha value is -3.45. The van der Waals surface area contributed by atoms with Crippen LogP contribution in [0.3, 0.4) is 0 Å². The molecule has 2 aromatic carbocycles. The maximum Gasteiger partial charge on any atom is 0.289 e. The quantitative estimate of drug-likeness (QED) is 0.598. The molecule has 2 heterocycles. The fourth-order valence-electron chi connectivity index (χ4n) is 4.07. The zero-order valence-electron chi connectivity index (χ0n) is 18.7. The van der Waals surface area contributed by atoms with Crippen LogP contribution < -0.4 is 5.32 Å². The molecule has 1 aliphatic heterocycles. The van der Waals surface area contributed by atoms with Gasteiger partial charge in [-0.1, -0.05) is 43.3 Å². The minimum Gasteiger partial charge on any atom is -0.459 e. The van der Waals surface area contributed by atoms with Crippen molar-refractivity contribution in [3.8, 4) is 0 Å². The molecule has 1 atom stereocenters. The molecule has 0 radical (unpaired) electrons. The highest BCUT2D eigenvalue weighted by atomic mass is 19.1. The topological polar surface area (TPSA) is 65.8 Å². The number of halogens is 1. The fourth-order valence-corrected chi connectivity index (χ4v) is 4.07. The number of aryl methyl sites for hydroxylation is 1. The molecule has 0 bridgehead atoms. The standard InChI is InChI=1S/C26H28FN3O3/c1-2-19-8-10-20(11-9-19)25(21-5-3-6-22(27)17-21)28-24(31)18-29-12-14-30(15-13-29)26(32)23-7-4-16-33-23/h3-11,16-17,25H,2,12-15,18H2,1H3,(H,28,31). The van der Waals surface area contributed by atoms with E-state index in [-0.39, 0.29) is 24.2 Å². The molecular formula is C26H28FN3O3. The van der Waals surface area contributed by atoms with Crippen LogP contribution in [0.25, 0.3) is 0 Å². The van der Waals surface area contributed by atoms with Gasteiger partial charge in [0.25, 0.3) is 5.91 Å². The predicted molar refractivity (Wildman–Crippen MR) is 123 cm³/mol. The smallest absolute Gasteiger partial charge is 0.289 e. The zero-order valence-corrected chi connectivity index (χ0v) is 18.7. The first-order valence-corrected chi connectivity index (χ1v) is 11.2. The molecule has 1 saturated heterocycles. The first-order chi connectivity index (χ1) is 16.0. The lowest BCUT2D eigenvalue weighted by atomic mass is 9.97. The Labute approximate surface area is 193 Å². The largest absolute Gasteiger partial charge is 0.459 e. The molecule has 1 unspecified atom stereocenters. The summed E-state index contributed by atoms with van der Waals surface area (Å²) in [5.41, 5.74) is 2.80. The summed E-state index contributed by atoms with van der Waals surface area (Å²) in [6, 6.07) is 17.2. The highest BCUT2D eigenvalue weighted by Crippen LogP contribution is 2.23. The van der Waals surface area contributed by atoms with Gasteiger partial charge in [-0.05, 0) is 47.4 Å². The Bertz CT molecular complexity index is 1070. The van der Waals surface area contributed by atoms with Gasteiger partial charge >= 0.3 is 0 Å². The van der Waals surface area contributed by atoms with Gasteiger partial charge in [-0.15, -0.1) is 0 Å². The first-order valence-electron chi connectivity index (χ1n) is 11.2. The SMILES string of the molecule is CCc1ccc(C(NC(=O)CN2CCN(C(=O)c3ccco3)CC2)c2cccc(F)c2)cc1. The molecule has 1 fully saturated rings. The molecule has 33 heavy (non-hydrogen) atoms. The molecule has 1 N–H and O–H groups in total. The number of benzene rings is 2. The molecular weight excluding hydrogens is 421 g/mol. The van der Waals surface area contributed by atoms with Gasteiger partial charge in [0.2, 0.25) is 5.91 Å². The Kier molecular flexibility index (Phi) is 7.19. The van der Waals surface area contributed by atoms with Crippen LogP contribution in [0.5, 0.6) is 0 Å². The average molecular weight is 450 g/mol. The number of hydrogen-bond acceptors (Lipinski definition) is 4. The summed E-state index contributed by atoms with van der Waals surface area (Å²) in [7, 11) is 0. The van der Waals surface area contributed by atoms with Gasteiger partial charge in [0.1, 0.15) is 5.82 Å². The summed E-state index contributed by atoms with van der Waals surface area (Å²) < 4.78 is 19.1. The van der Waals surface area contributed by atoms with Crippen molar-refractivity contribution in [3.05, 3.63) is 95.2 Å². The summed E-state index contributed by atoms with van der Waals surface area (Å²) >= 11 is 0. The molecule has 7 heteroatoms. The normalized spacial score (nSPS) is 15.3. The molecule has 0 aliphatic carbocycles. The van der Waals surface area contributed by atoms with Crippen molar-refractivity contribution in [1.82, 2.24) is 15.1 Å². The third-order valence-corrected chi connectivity index (χ3v) is 5.97. The van der Waals surface area contributed by atoms with E-state index in [2.05, 4.69) is 12.2 Å². The lowest BCUT2D eigenvalue weighted by Crippen LogP contribution is -2.51. The second kappa shape index (κ2) is 10.4. The van der Waals surface area contributed by atoms with Crippen LogP contribution in [0.15, 0.2) is 71.3 Å². The third kappa shape index (κ3) is 5.68. The lowest BCUT2D eigenvalue weighted by Gasteiger charge is -2.34. The number of carbonyl (C=O) groups is 2. The van der Waals surface area contributed by atoms with E-state index in [1.54, 1.807) is 23.1 Å². The molecule has 0 spiro atoms. The van der Waals surface area contributed by atoms with Crippen molar-refractivity contribution in [3.63, 3.8) is 0 Å². The predicted octanol–water partition coefficient (Wildman–Crippen LogP) is 3.64. The lowest BCUT2D eigenvalue weighted by molar-refractivity contribution is -0.123. The van der Waals surface area contributed by atoms with E-state index in [1.165, 1.54) is 24.0 Å². The number of piperazine rings is 1. The number of nitrogens with zero attached hydrogens (tertiary/aromatic N) is 2. The molecule has 4 rings (SSSR count). The molecule has 2 amide bonds. The van der Waals surface area contributed by atoms with Gasteiger partial charge in [-0.2, -0.15) is 0 Å². The Morgan fingerprint density at radius 2 is 1.76 bits per heavy atom. The van der Waals surface area contributed by atoms with Gasteiger partial charge in [-0.25, -0.2) is 4.39 Å². The van der Waals surface area contributed by atoms with Crippen LogP contribution in [0.4, 0.5) is 4.39 Å². The summed E-state index contributed by atoms with van der Waals surface area (Å²) in [5.74, 6) is -0.289. The maximum atomic E-state index is 13.9. The minimum absolute atomic E-state index is 0.134. The summed E-state index contributed by atoms with van der Waals surface area (Å²) in [5, 5.41) is 3.08. The molecule has 0 saturated carbocycles. The zero-order chi connectivity index (χ0) is 23.2. The van der Waals surface area contributed by atoms with Crippen LogP contribution in [0, 0.1) is 5.82 Å². The van der Waals surface area contributed by atoms with Crippen LogP contribution in [0.2, 0.25) is 0 Å². The average Bonchev–Trinajstić information content (AvgIpc) is 3.38. The van der Waals surface area contributed by atoms with Crippen molar-refractivity contribution in [2.24, 2.45) is 0 Å². The van der Waals surface area contributed by atoms with Gasteiger partial charge in [-0.3, -0.25) is 14.5 Å². The second-order valence-corrected chi connectivity index (χ2v) is 8.20. The van der Waals surface area contributed by atoms with Crippen LogP contribution >= 0.6 is 0 Å². The van der Waals surface area contributed by atoms with Crippen LogP contribution in [0.1, 0.15) is 40.2 Å². The number of rotatable bonds is 7. The fraction of sp³-hybridized carbons (Fsp3) is 0.308. The second-order valence-electron chi connectivity index (χ2n) is 8.20. The number of amides is 2. The highest BCUT2D eigenvalue weighted by Gasteiger charge is 2.25. The Balaban J connectivity index is 1.39. The van der Waals surface area contributed by atoms with Crippen LogP contribution in [-0.4, -0.2) is 54.3 Å². The number of furan rings is 1. The van der Waals surface area contributed by atoms with E-state index in [0.29, 0.717) is 37.5 Å². The molecule has 3 aromatic rings. The van der Waals surface area contributed by atoms with Gasteiger partial charge in [0.05, 0.1) is 18.8 Å². The van der Waals surface area contributed by atoms with Crippen molar-refractivity contribution in [2.45, 2.75) is 19.4 Å². The van der Waals surface area contributed by atoms with E-state index < -0.39 is 6.04 Å². The van der Waals surface area contributed by atoms with Crippen LogP contribution in [-0.2, 0) is 11.2 Å². The number of carbonyl (C=O) groups excluding carboxylic acids is 2. The summed E-state index contributed by atoms with van der Waals surface area (Å²) in [6.07, 6.45) is 2.41. The molecule has 172 valence electrons. The molecule has 1 aliphatic rings. The third-order valence-electron chi connectivity index (χ3n) is 5.97. The summed E-state index contributed by atoms with van der Waals surface area (Å²) in [4.78, 5) is 29.1. The van der Waals surface area contributed by atoms with Gasteiger partial charge < -0.3 is 14.6 Å². The Morgan fingerprint density at radius 1 is 1.00 bits per heavy atom. The first kappa shape index (κ1) is 22.7. The maximum absolute atomic E-state index is 13.9. The number of nitrogens with one attached hydrogen (secondary N) is 1. The summed E-state index contributed by atoms with van der Waals surface area (Å²) in [6.45, 7) is 4.53. The van der Waals surface area contributed by atoms with Crippen molar-refractivity contribution in [2.75, 3.05) is 32.7 Å². The van der Waals surface area contributed by atoms with E-state index in [0.717, 1.165) is 12.0 Å². The van der Waals surface area contributed by atoms with Crippen molar-refractivity contribution >= 4 is 11.8 Å². The van der Waals surface area contributed by atoms with Gasteiger partial charge in [0, 0.05) is 26.2 Å². The minimum atomic E-state index is -0.444. The monoisotopic (exact) mass is 449 g/mol. The van der Waals surface area contributed by atoms with E-state index in [9.17, 15) is 14.0 Å². The van der Waals surface area contributed by atoms with E-state index in [4.69, 9.17) is 4.42 Å². The highest BCUT2D eigenvalue weighted by molar-refractivity contribution is 5.91. The number of hydrogen-bond donors (Lipinski definition) is 1. The van der Waals surface area contributed by atoms with Crippen molar-refractivity contribution in [1.29, 1.82) is 0 Å². The van der Waals surface area contributed by atoms with Crippen molar-refractivity contribution < 1.29 is 18.4 Å². The van der Waals surface area contributed by atoms with Gasteiger partial charge in [0.15, 0.2) is 5.76 Å². The molecule has 1 aromatic heterocycles.